The summed E-state index contributed by atoms with van der Waals surface area (Å²) in [6.07, 6.45) is 5.28. The number of methoxy groups -OCH3 is 1. The minimum atomic E-state index is 0. The number of benzene rings is 1. The number of hydrogen-bond donors (Lipinski definition) is 2. The third-order valence-corrected chi connectivity index (χ3v) is 3.35. The second-order valence-corrected chi connectivity index (χ2v) is 5.00. The Morgan fingerprint density at radius 1 is 1.24 bits per heavy atom. The van der Waals surface area contributed by atoms with E-state index < -0.39 is 0 Å². The zero-order chi connectivity index (χ0) is 16.8. The summed E-state index contributed by atoms with van der Waals surface area (Å²) in [5.41, 5.74) is 7.72. The summed E-state index contributed by atoms with van der Waals surface area (Å²) in [5, 5.41) is 7.21. The Balaban J connectivity index is 0.00000225. The highest BCUT2D eigenvalue weighted by Gasteiger charge is 2.03. The summed E-state index contributed by atoms with van der Waals surface area (Å²) in [6.45, 7) is 0.435. The largest absolute Gasteiger partial charge is 0.495 e. The molecule has 8 heteroatoms. The third kappa shape index (κ3) is 4.92. The van der Waals surface area contributed by atoms with E-state index in [0.717, 1.165) is 17.1 Å². The lowest BCUT2D eigenvalue weighted by atomic mass is 10.2. The molecule has 0 aliphatic carbocycles. The summed E-state index contributed by atoms with van der Waals surface area (Å²) < 4.78 is 6.97. The van der Waals surface area contributed by atoms with E-state index in [-0.39, 0.29) is 24.0 Å². The van der Waals surface area contributed by atoms with Gasteiger partial charge in [0.2, 0.25) is 0 Å². The van der Waals surface area contributed by atoms with Gasteiger partial charge in [-0.05, 0) is 35.9 Å². The molecular formula is C17H19IN6O. The molecule has 0 unspecified atom stereocenters. The van der Waals surface area contributed by atoms with Crippen LogP contribution in [-0.2, 0) is 6.54 Å². The summed E-state index contributed by atoms with van der Waals surface area (Å²) in [4.78, 5) is 8.65. The molecule has 130 valence electrons. The lowest BCUT2D eigenvalue weighted by molar-refractivity contribution is 0.417. The van der Waals surface area contributed by atoms with Crippen molar-refractivity contribution in [2.45, 2.75) is 6.54 Å². The minimum Gasteiger partial charge on any atom is -0.495 e. The van der Waals surface area contributed by atoms with Gasteiger partial charge in [-0.25, -0.2) is 14.7 Å². The van der Waals surface area contributed by atoms with Gasteiger partial charge in [0.1, 0.15) is 5.75 Å². The van der Waals surface area contributed by atoms with E-state index in [1.54, 1.807) is 24.2 Å². The quantitative estimate of drug-likeness (QED) is 0.355. The Hall–Kier alpha value is -2.62. The topological polar surface area (TPSA) is 90.4 Å². The van der Waals surface area contributed by atoms with E-state index >= 15 is 0 Å². The van der Waals surface area contributed by atoms with Crippen molar-refractivity contribution in [3.63, 3.8) is 0 Å². The smallest absolute Gasteiger partial charge is 0.193 e. The summed E-state index contributed by atoms with van der Waals surface area (Å²) >= 11 is 0. The molecule has 0 fully saturated rings. The van der Waals surface area contributed by atoms with E-state index in [0.29, 0.717) is 18.3 Å². The molecule has 25 heavy (non-hydrogen) atoms. The Kier molecular flexibility index (Phi) is 6.75. The zero-order valence-electron chi connectivity index (χ0n) is 13.7. The van der Waals surface area contributed by atoms with Gasteiger partial charge in [0.15, 0.2) is 11.8 Å². The molecule has 2 aromatic heterocycles. The van der Waals surface area contributed by atoms with Crippen molar-refractivity contribution >= 4 is 35.6 Å². The van der Waals surface area contributed by atoms with Crippen LogP contribution in [-0.4, -0.2) is 27.8 Å². The van der Waals surface area contributed by atoms with E-state index in [2.05, 4.69) is 20.4 Å². The molecule has 7 nitrogen and oxygen atoms in total. The van der Waals surface area contributed by atoms with Gasteiger partial charge < -0.3 is 15.8 Å². The monoisotopic (exact) mass is 450 g/mol. The van der Waals surface area contributed by atoms with Crippen molar-refractivity contribution in [2.24, 2.45) is 10.7 Å². The second-order valence-electron chi connectivity index (χ2n) is 5.00. The highest BCUT2D eigenvalue weighted by atomic mass is 127. The van der Waals surface area contributed by atoms with Crippen molar-refractivity contribution < 1.29 is 4.74 Å². The Morgan fingerprint density at radius 3 is 2.84 bits per heavy atom. The SMILES string of the molecule is COc1ccccc1NC(N)=NCc1ccnc(-n2cccn2)c1.I. The van der Waals surface area contributed by atoms with Crippen LogP contribution in [0.2, 0.25) is 0 Å². The molecule has 0 saturated carbocycles. The number of nitrogens with one attached hydrogen (secondary N) is 1. The number of guanidine groups is 1. The van der Waals surface area contributed by atoms with Crippen LogP contribution in [0.25, 0.3) is 5.82 Å². The molecule has 0 radical (unpaired) electrons. The molecule has 3 aromatic rings. The fourth-order valence-corrected chi connectivity index (χ4v) is 2.19. The predicted octanol–water partition coefficient (Wildman–Crippen LogP) is 2.82. The molecule has 0 spiro atoms. The van der Waals surface area contributed by atoms with Crippen molar-refractivity contribution in [3.05, 3.63) is 66.6 Å². The molecular weight excluding hydrogens is 431 g/mol. The van der Waals surface area contributed by atoms with E-state index in [1.165, 1.54) is 0 Å². The van der Waals surface area contributed by atoms with Gasteiger partial charge in [-0.15, -0.1) is 24.0 Å². The fourth-order valence-electron chi connectivity index (χ4n) is 2.19. The highest BCUT2D eigenvalue weighted by molar-refractivity contribution is 14.0. The number of aliphatic imine (C=N–C) groups is 1. The average Bonchev–Trinajstić information content (AvgIpc) is 3.15. The van der Waals surface area contributed by atoms with Crippen LogP contribution < -0.4 is 15.8 Å². The minimum absolute atomic E-state index is 0. The molecule has 1 aromatic carbocycles. The zero-order valence-corrected chi connectivity index (χ0v) is 16.0. The first-order valence-electron chi connectivity index (χ1n) is 7.41. The van der Waals surface area contributed by atoms with Crippen molar-refractivity contribution in [1.29, 1.82) is 0 Å². The van der Waals surface area contributed by atoms with Crippen LogP contribution in [0.5, 0.6) is 5.75 Å². The van der Waals surface area contributed by atoms with Gasteiger partial charge in [-0.1, -0.05) is 12.1 Å². The fraction of sp³-hybridized carbons (Fsp3) is 0.118. The first-order valence-corrected chi connectivity index (χ1v) is 7.41. The average molecular weight is 450 g/mol. The number of aromatic nitrogens is 3. The molecule has 0 aliphatic rings. The Morgan fingerprint density at radius 2 is 2.08 bits per heavy atom. The molecule has 3 rings (SSSR count). The maximum atomic E-state index is 5.96. The van der Waals surface area contributed by atoms with Crippen molar-refractivity contribution in [2.75, 3.05) is 12.4 Å². The molecule has 3 N–H and O–H groups in total. The van der Waals surface area contributed by atoms with E-state index in [9.17, 15) is 0 Å². The molecule has 0 atom stereocenters. The number of hydrogen-bond acceptors (Lipinski definition) is 4. The third-order valence-electron chi connectivity index (χ3n) is 3.35. The number of rotatable bonds is 5. The normalized spacial score (nSPS) is 10.8. The molecule has 0 bridgehead atoms. The summed E-state index contributed by atoms with van der Waals surface area (Å²) in [6, 6.07) is 13.2. The number of nitrogens with zero attached hydrogens (tertiary/aromatic N) is 4. The lowest BCUT2D eigenvalue weighted by Crippen LogP contribution is -2.22. The Bertz CT molecular complexity index is 835. The lowest BCUT2D eigenvalue weighted by Gasteiger charge is -2.10. The van der Waals surface area contributed by atoms with E-state index in [4.69, 9.17) is 10.5 Å². The molecule has 0 amide bonds. The molecule has 2 heterocycles. The highest BCUT2D eigenvalue weighted by Crippen LogP contribution is 2.22. The van der Waals surface area contributed by atoms with Gasteiger partial charge in [-0.3, -0.25) is 0 Å². The van der Waals surface area contributed by atoms with Crippen LogP contribution in [0.4, 0.5) is 5.69 Å². The number of nitrogens with two attached hydrogens (primary N) is 1. The van der Waals surface area contributed by atoms with Gasteiger partial charge >= 0.3 is 0 Å². The van der Waals surface area contributed by atoms with Crippen LogP contribution >= 0.6 is 24.0 Å². The number of ether oxygens (including phenoxy) is 1. The number of para-hydroxylation sites is 2. The van der Waals surface area contributed by atoms with Gasteiger partial charge in [-0.2, -0.15) is 5.10 Å². The van der Waals surface area contributed by atoms with Gasteiger partial charge in [0, 0.05) is 18.6 Å². The van der Waals surface area contributed by atoms with Crippen LogP contribution in [0, 0.1) is 0 Å². The van der Waals surface area contributed by atoms with Crippen LogP contribution in [0.3, 0.4) is 0 Å². The first-order chi connectivity index (χ1) is 11.8. The van der Waals surface area contributed by atoms with Crippen LogP contribution in [0.15, 0.2) is 66.0 Å². The summed E-state index contributed by atoms with van der Waals surface area (Å²) in [7, 11) is 1.61. The first kappa shape index (κ1) is 18.7. The van der Waals surface area contributed by atoms with Crippen LogP contribution in [0.1, 0.15) is 5.56 Å². The van der Waals surface area contributed by atoms with Crippen molar-refractivity contribution in [3.8, 4) is 11.6 Å². The standard InChI is InChI=1S/C17H18N6O.HI/c1-24-15-6-3-2-5-14(15)22-17(18)20-12-13-7-9-19-16(11-13)23-10-4-8-21-23;/h2-11H,12H2,1H3,(H3,18,20,22);1H. The second kappa shape index (κ2) is 9.02. The summed E-state index contributed by atoms with van der Waals surface area (Å²) in [5.74, 6) is 1.77. The number of anilines is 1. The van der Waals surface area contributed by atoms with Crippen molar-refractivity contribution in [1.82, 2.24) is 14.8 Å². The molecule has 0 aliphatic heterocycles. The maximum absolute atomic E-state index is 5.96. The van der Waals surface area contributed by atoms with Gasteiger partial charge in [0.25, 0.3) is 0 Å². The Labute approximate surface area is 163 Å². The van der Waals surface area contributed by atoms with E-state index in [1.807, 2.05) is 48.7 Å². The number of halogens is 1. The molecule has 0 saturated heterocycles. The predicted molar refractivity (Wildman–Crippen MR) is 109 cm³/mol. The van der Waals surface area contributed by atoms with Gasteiger partial charge in [0.05, 0.1) is 19.3 Å². The maximum Gasteiger partial charge on any atom is 0.193 e. The number of pyridine rings is 1.